The van der Waals surface area contributed by atoms with Crippen LogP contribution in [0.1, 0.15) is 12.8 Å². The molecule has 0 radical (unpaired) electrons. The molecule has 2 aromatic carbocycles. The number of carbonyl (C=O) groups is 1. The lowest BCUT2D eigenvalue weighted by atomic mass is 10.2. The fourth-order valence-corrected chi connectivity index (χ4v) is 3.38. The first-order chi connectivity index (χ1) is 13.6. The van der Waals surface area contributed by atoms with E-state index in [0.717, 1.165) is 25.9 Å². The molecule has 3 aromatic rings. The van der Waals surface area contributed by atoms with Gasteiger partial charge in [0.1, 0.15) is 5.75 Å². The van der Waals surface area contributed by atoms with Crippen LogP contribution in [0.2, 0.25) is 0 Å². The van der Waals surface area contributed by atoms with E-state index in [2.05, 4.69) is 15.2 Å². The SMILES string of the molecule is O=C(CN1CCCC1)Nc1ccc(Oc2cc(=O)[nH]c3ccccc23)c(F)c1. The Balaban J connectivity index is 1.51. The van der Waals surface area contributed by atoms with Crippen molar-refractivity contribution in [2.24, 2.45) is 0 Å². The second-order valence-corrected chi connectivity index (χ2v) is 6.82. The highest BCUT2D eigenvalue weighted by molar-refractivity contribution is 5.92. The first-order valence-electron chi connectivity index (χ1n) is 9.20. The van der Waals surface area contributed by atoms with E-state index >= 15 is 0 Å². The summed E-state index contributed by atoms with van der Waals surface area (Å²) in [6, 6.07) is 12.7. The van der Waals surface area contributed by atoms with Gasteiger partial charge in [0, 0.05) is 23.2 Å². The van der Waals surface area contributed by atoms with Crippen LogP contribution in [0.3, 0.4) is 0 Å². The molecule has 4 rings (SSSR count). The second-order valence-electron chi connectivity index (χ2n) is 6.82. The Morgan fingerprint density at radius 1 is 1.11 bits per heavy atom. The summed E-state index contributed by atoms with van der Waals surface area (Å²) >= 11 is 0. The highest BCUT2D eigenvalue weighted by Gasteiger charge is 2.16. The van der Waals surface area contributed by atoms with Crippen LogP contribution in [0.15, 0.2) is 53.3 Å². The van der Waals surface area contributed by atoms with Gasteiger partial charge in [-0.15, -0.1) is 0 Å². The molecule has 0 bridgehead atoms. The summed E-state index contributed by atoms with van der Waals surface area (Å²) in [5.74, 6) is -0.545. The van der Waals surface area contributed by atoms with E-state index in [4.69, 9.17) is 4.74 Å². The fraction of sp³-hybridized carbons (Fsp3) is 0.238. The lowest BCUT2D eigenvalue weighted by Gasteiger charge is -2.14. The molecule has 1 aliphatic rings. The maximum absolute atomic E-state index is 14.5. The van der Waals surface area contributed by atoms with Gasteiger partial charge >= 0.3 is 0 Å². The van der Waals surface area contributed by atoms with Crippen LogP contribution in [0.5, 0.6) is 11.5 Å². The molecule has 7 heteroatoms. The molecule has 2 N–H and O–H groups in total. The monoisotopic (exact) mass is 381 g/mol. The number of amides is 1. The zero-order valence-corrected chi connectivity index (χ0v) is 15.2. The van der Waals surface area contributed by atoms with Gasteiger partial charge in [-0.1, -0.05) is 12.1 Å². The first-order valence-corrected chi connectivity index (χ1v) is 9.20. The zero-order chi connectivity index (χ0) is 19.5. The number of para-hydroxylation sites is 1. The number of anilines is 1. The molecule has 1 saturated heterocycles. The third-order valence-corrected chi connectivity index (χ3v) is 4.71. The van der Waals surface area contributed by atoms with Crippen molar-refractivity contribution in [2.75, 3.05) is 25.0 Å². The Kier molecular flexibility index (Phi) is 5.08. The molecule has 6 nitrogen and oxygen atoms in total. The van der Waals surface area contributed by atoms with E-state index in [0.29, 0.717) is 23.1 Å². The number of aromatic amines is 1. The Bertz CT molecular complexity index is 1070. The van der Waals surface area contributed by atoms with E-state index in [1.807, 2.05) is 6.07 Å². The molecule has 0 spiro atoms. The summed E-state index contributed by atoms with van der Waals surface area (Å²) in [6.45, 7) is 2.14. The lowest BCUT2D eigenvalue weighted by molar-refractivity contribution is -0.117. The predicted molar refractivity (Wildman–Crippen MR) is 105 cm³/mol. The van der Waals surface area contributed by atoms with Gasteiger partial charge in [0.25, 0.3) is 5.56 Å². The van der Waals surface area contributed by atoms with E-state index in [-0.39, 0.29) is 23.0 Å². The van der Waals surface area contributed by atoms with Crippen molar-refractivity contribution in [3.8, 4) is 11.5 Å². The quantitative estimate of drug-likeness (QED) is 0.709. The van der Waals surface area contributed by atoms with Crippen LogP contribution in [0.4, 0.5) is 10.1 Å². The Morgan fingerprint density at radius 3 is 2.68 bits per heavy atom. The van der Waals surface area contributed by atoms with E-state index in [1.165, 1.54) is 18.2 Å². The molecule has 0 unspecified atom stereocenters. The number of hydrogen-bond acceptors (Lipinski definition) is 4. The van der Waals surface area contributed by atoms with Gasteiger partial charge in [-0.05, 0) is 50.2 Å². The Labute approximate surface area is 160 Å². The van der Waals surface area contributed by atoms with Crippen LogP contribution < -0.4 is 15.6 Å². The molecule has 0 saturated carbocycles. The number of ether oxygens (including phenoxy) is 1. The van der Waals surface area contributed by atoms with E-state index in [1.54, 1.807) is 24.3 Å². The third kappa shape index (κ3) is 4.04. The maximum Gasteiger partial charge on any atom is 0.252 e. The number of nitrogens with zero attached hydrogens (tertiary/aromatic N) is 1. The van der Waals surface area contributed by atoms with Gasteiger partial charge in [-0.25, -0.2) is 4.39 Å². The molecule has 2 heterocycles. The molecule has 1 amide bonds. The first kappa shape index (κ1) is 18.2. The normalized spacial score (nSPS) is 14.3. The summed E-state index contributed by atoms with van der Waals surface area (Å²) < 4.78 is 20.2. The number of benzene rings is 2. The zero-order valence-electron chi connectivity index (χ0n) is 15.2. The molecule has 0 atom stereocenters. The van der Waals surface area contributed by atoms with Crippen LogP contribution in [-0.2, 0) is 4.79 Å². The molecule has 144 valence electrons. The van der Waals surface area contributed by atoms with Gasteiger partial charge in [0.2, 0.25) is 5.91 Å². The Morgan fingerprint density at radius 2 is 1.89 bits per heavy atom. The standard InChI is InChI=1S/C21H20FN3O3/c22-16-11-14(23-21(27)13-25-9-3-4-10-25)7-8-18(16)28-19-12-20(26)24-17-6-2-1-5-15(17)19/h1-2,5-8,11-12H,3-4,9-10,13H2,(H,23,27)(H,24,26). The highest BCUT2D eigenvalue weighted by Crippen LogP contribution is 2.30. The summed E-state index contributed by atoms with van der Waals surface area (Å²) in [5.41, 5.74) is 0.640. The average Bonchev–Trinajstić information content (AvgIpc) is 3.16. The van der Waals surface area contributed by atoms with Gasteiger partial charge < -0.3 is 15.0 Å². The van der Waals surface area contributed by atoms with Crippen molar-refractivity contribution in [2.45, 2.75) is 12.8 Å². The second kappa shape index (κ2) is 7.82. The number of pyridine rings is 1. The highest BCUT2D eigenvalue weighted by atomic mass is 19.1. The van der Waals surface area contributed by atoms with E-state index < -0.39 is 5.82 Å². The summed E-state index contributed by atoms with van der Waals surface area (Å²) in [6.07, 6.45) is 2.20. The number of likely N-dealkylation sites (tertiary alicyclic amines) is 1. The Hall–Kier alpha value is -3.19. The fourth-order valence-electron chi connectivity index (χ4n) is 3.38. The predicted octanol–water partition coefficient (Wildman–Crippen LogP) is 3.49. The van der Waals surface area contributed by atoms with Crippen molar-refractivity contribution in [3.63, 3.8) is 0 Å². The van der Waals surface area contributed by atoms with Gasteiger partial charge in [0.15, 0.2) is 11.6 Å². The van der Waals surface area contributed by atoms with Gasteiger partial charge in [-0.3, -0.25) is 14.5 Å². The summed E-state index contributed by atoms with van der Waals surface area (Å²) in [7, 11) is 0. The van der Waals surface area contributed by atoms with Crippen LogP contribution in [-0.4, -0.2) is 35.4 Å². The molecular weight excluding hydrogens is 361 g/mol. The summed E-state index contributed by atoms with van der Waals surface area (Å²) in [4.78, 5) is 28.7. The van der Waals surface area contributed by atoms with Crippen LogP contribution >= 0.6 is 0 Å². The molecule has 28 heavy (non-hydrogen) atoms. The van der Waals surface area contributed by atoms with Crippen molar-refractivity contribution < 1.29 is 13.9 Å². The maximum atomic E-state index is 14.5. The molecule has 1 aromatic heterocycles. The number of hydrogen-bond donors (Lipinski definition) is 2. The van der Waals surface area contributed by atoms with Crippen LogP contribution in [0, 0.1) is 5.82 Å². The van der Waals surface area contributed by atoms with E-state index in [9.17, 15) is 14.0 Å². The van der Waals surface area contributed by atoms with Gasteiger partial charge in [-0.2, -0.15) is 0 Å². The number of halogens is 1. The number of carbonyl (C=O) groups excluding carboxylic acids is 1. The van der Waals surface area contributed by atoms with Crippen molar-refractivity contribution in [1.82, 2.24) is 9.88 Å². The smallest absolute Gasteiger partial charge is 0.252 e. The molecule has 0 aliphatic carbocycles. The number of aromatic nitrogens is 1. The minimum Gasteiger partial charge on any atom is -0.453 e. The number of rotatable bonds is 5. The van der Waals surface area contributed by atoms with Crippen molar-refractivity contribution in [1.29, 1.82) is 0 Å². The molecule has 1 aliphatic heterocycles. The summed E-state index contributed by atoms with van der Waals surface area (Å²) in [5, 5.41) is 3.38. The third-order valence-electron chi connectivity index (χ3n) is 4.71. The minimum absolute atomic E-state index is 0.0201. The number of nitrogens with one attached hydrogen (secondary N) is 2. The van der Waals surface area contributed by atoms with Gasteiger partial charge in [0.05, 0.1) is 12.1 Å². The van der Waals surface area contributed by atoms with Crippen molar-refractivity contribution >= 4 is 22.5 Å². The average molecular weight is 381 g/mol. The van der Waals surface area contributed by atoms with Crippen molar-refractivity contribution in [3.05, 3.63) is 64.7 Å². The number of fused-ring (bicyclic) bond motifs is 1. The molecular formula is C21H20FN3O3. The minimum atomic E-state index is -0.622. The topological polar surface area (TPSA) is 74.4 Å². The largest absolute Gasteiger partial charge is 0.453 e. The molecule has 1 fully saturated rings. The van der Waals surface area contributed by atoms with Crippen LogP contribution in [0.25, 0.3) is 10.9 Å². The lowest BCUT2D eigenvalue weighted by Crippen LogP contribution is -2.30. The number of H-pyrrole nitrogens is 1.